The molecule has 2 aliphatic rings. The van der Waals surface area contributed by atoms with E-state index in [1.54, 1.807) is 13.0 Å². The summed E-state index contributed by atoms with van der Waals surface area (Å²) in [7, 11) is 2.17. The van der Waals surface area contributed by atoms with Crippen molar-refractivity contribution in [3.63, 3.8) is 0 Å². The largest absolute Gasteiger partial charge is 0.371 e. The van der Waals surface area contributed by atoms with Gasteiger partial charge in [-0.05, 0) is 90.4 Å². The summed E-state index contributed by atoms with van der Waals surface area (Å²) in [6, 6.07) is 3.67. The minimum Gasteiger partial charge on any atom is -0.371 e. The van der Waals surface area contributed by atoms with E-state index in [-0.39, 0.29) is 18.4 Å². The number of nitrogens with one attached hydrogen (secondary N) is 1. The highest BCUT2D eigenvalue weighted by Crippen LogP contribution is 2.30. The van der Waals surface area contributed by atoms with Gasteiger partial charge < -0.3 is 15.1 Å². The van der Waals surface area contributed by atoms with Crippen LogP contribution in [0.25, 0.3) is 0 Å². The summed E-state index contributed by atoms with van der Waals surface area (Å²) in [5, 5.41) is 3.47. The van der Waals surface area contributed by atoms with Gasteiger partial charge in [0, 0.05) is 41.6 Å². The molecular formula is C25H35ClN4O2. The van der Waals surface area contributed by atoms with Crippen LogP contribution in [0.2, 0.25) is 5.02 Å². The molecule has 1 N–H and O–H groups in total. The van der Waals surface area contributed by atoms with Crippen molar-refractivity contribution in [2.24, 2.45) is 16.8 Å². The summed E-state index contributed by atoms with van der Waals surface area (Å²) in [5.41, 5.74) is 4.10. The van der Waals surface area contributed by atoms with Crippen LogP contribution in [0.3, 0.4) is 0 Å². The van der Waals surface area contributed by atoms with Crippen LogP contribution in [0, 0.1) is 18.8 Å². The lowest BCUT2D eigenvalue weighted by Gasteiger charge is -2.34. The molecule has 0 radical (unpaired) electrons. The predicted molar refractivity (Wildman–Crippen MR) is 132 cm³/mol. The van der Waals surface area contributed by atoms with Crippen molar-refractivity contribution in [2.75, 3.05) is 44.7 Å². The van der Waals surface area contributed by atoms with Gasteiger partial charge in [0.2, 0.25) is 0 Å². The Morgan fingerprint density at radius 2 is 1.94 bits per heavy atom. The number of hydrogen-bond donors (Lipinski definition) is 1. The second-order valence-electron chi connectivity index (χ2n) is 9.13. The first-order chi connectivity index (χ1) is 15.2. The van der Waals surface area contributed by atoms with Crippen LogP contribution in [-0.2, 0) is 4.79 Å². The zero-order chi connectivity index (χ0) is 23.4. The number of likely N-dealkylation sites (tertiary alicyclic amines) is 1. The number of rotatable bonds is 7. The maximum atomic E-state index is 13.1. The minimum absolute atomic E-state index is 0.207. The zero-order valence-electron chi connectivity index (χ0n) is 19.9. The monoisotopic (exact) mass is 458 g/mol. The number of amides is 2. The Morgan fingerprint density at radius 1 is 1.25 bits per heavy atom. The average Bonchev–Trinajstić information content (AvgIpc) is 2.74. The topological polar surface area (TPSA) is 65.0 Å². The van der Waals surface area contributed by atoms with E-state index in [0.717, 1.165) is 43.0 Å². The van der Waals surface area contributed by atoms with Gasteiger partial charge in [-0.2, -0.15) is 0 Å². The van der Waals surface area contributed by atoms with Crippen molar-refractivity contribution in [3.8, 4) is 0 Å². The van der Waals surface area contributed by atoms with Gasteiger partial charge >= 0.3 is 0 Å². The molecule has 1 unspecified atom stereocenters. The van der Waals surface area contributed by atoms with Crippen LogP contribution in [-0.4, -0.2) is 62.2 Å². The van der Waals surface area contributed by atoms with Gasteiger partial charge in [0.05, 0.1) is 5.92 Å². The normalized spacial score (nSPS) is 20.1. The number of anilines is 1. The first-order valence-electron chi connectivity index (χ1n) is 11.5. The summed E-state index contributed by atoms with van der Waals surface area (Å²) in [5.74, 6) is -0.203. The van der Waals surface area contributed by atoms with E-state index in [9.17, 15) is 9.59 Å². The van der Waals surface area contributed by atoms with Crippen molar-refractivity contribution in [2.45, 2.75) is 40.5 Å². The number of halogens is 1. The molecular weight excluding hydrogens is 424 g/mol. The van der Waals surface area contributed by atoms with Crippen LogP contribution >= 0.6 is 11.6 Å². The van der Waals surface area contributed by atoms with E-state index in [1.165, 1.54) is 12.8 Å². The van der Waals surface area contributed by atoms with Gasteiger partial charge in [-0.15, -0.1) is 0 Å². The van der Waals surface area contributed by atoms with Crippen molar-refractivity contribution < 1.29 is 9.59 Å². The van der Waals surface area contributed by atoms with E-state index in [0.29, 0.717) is 22.2 Å². The third kappa shape index (κ3) is 5.78. The van der Waals surface area contributed by atoms with Gasteiger partial charge in [-0.3, -0.25) is 9.59 Å². The van der Waals surface area contributed by atoms with Crippen LogP contribution in [0.5, 0.6) is 0 Å². The third-order valence-electron chi connectivity index (χ3n) is 6.67. The standard InChI is InChI=1S/C25H35ClN4O2/c1-6-30(15-19-7-9-29(5)10-8-19)23-13-20(26)12-21(18(23)4)24(31)27-14-22-16(2)11-17(3)28-25(22)32/h11-13,19,22H,6-10,14-15H2,1-5H3,(H,27,31). The number of carbonyl (C=O) groups excluding carboxylic acids is 2. The molecule has 1 atom stereocenters. The van der Waals surface area contributed by atoms with Gasteiger partial charge in [0.1, 0.15) is 0 Å². The lowest BCUT2D eigenvalue weighted by molar-refractivity contribution is -0.120. The number of allylic oxidation sites excluding steroid dienone is 1. The Balaban J connectivity index is 1.74. The molecule has 1 aromatic rings. The molecule has 0 aromatic heterocycles. The van der Waals surface area contributed by atoms with Gasteiger partial charge in [-0.25, -0.2) is 4.99 Å². The Hall–Kier alpha value is -2.18. The molecule has 2 heterocycles. The highest BCUT2D eigenvalue weighted by Gasteiger charge is 2.26. The second-order valence-corrected chi connectivity index (χ2v) is 9.56. The molecule has 0 bridgehead atoms. The molecule has 1 saturated heterocycles. The zero-order valence-corrected chi connectivity index (χ0v) is 20.6. The van der Waals surface area contributed by atoms with E-state index in [1.807, 2.05) is 26.0 Å². The second kappa shape index (κ2) is 10.6. The molecule has 1 fully saturated rings. The predicted octanol–water partition coefficient (Wildman–Crippen LogP) is 4.11. The van der Waals surface area contributed by atoms with Crippen LogP contribution < -0.4 is 10.2 Å². The Kier molecular flexibility index (Phi) is 8.12. The number of hydrogen-bond acceptors (Lipinski definition) is 4. The van der Waals surface area contributed by atoms with Crippen molar-refractivity contribution in [1.82, 2.24) is 10.2 Å². The molecule has 0 saturated carbocycles. The molecule has 2 amide bonds. The third-order valence-corrected chi connectivity index (χ3v) is 6.88. The first kappa shape index (κ1) is 24.5. The number of dihydropyridines is 1. The molecule has 2 aliphatic heterocycles. The van der Waals surface area contributed by atoms with Crippen molar-refractivity contribution >= 4 is 34.8 Å². The van der Waals surface area contributed by atoms with Crippen molar-refractivity contribution in [1.29, 1.82) is 0 Å². The summed E-state index contributed by atoms with van der Waals surface area (Å²) in [4.78, 5) is 34.1. The van der Waals surface area contributed by atoms with E-state index >= 15 is 0 Å². The van der Waals surface area contributed by atoms with E-state index < -0.39 is 5.92 Å². The fourth-order valence-electron chi connectivity index (χ4n) is 4.63. The Bertz CT molecular complexity index is 932. The smallest absolute Gasteiger partial charge is 0.254 e. The number of piperidine rings is 1. The van der Waals surface area contributed by atoms with Gasteiger partial charge in [-0.1, -0.05) is 17.2 Å². The Labute approximate surface area is 196 Å². The summed E-state index contributed by atoms with van der Waals surface area (Å²) in [6.45, 7) is 12.1. The summed E-state index contributed by atoms with van der Waals surface area (Å²) < 4.78 is 0. The number of aliphatic imine (C=N–C) groups is 1. The molecule has 7 heteroatoms. The fraction of sp³-hybridized carbons (Fsp3) is 0.560. The highest BCUT2D eigenvalue weighted by molar-refractivity contribution is 6.31. The summed E-state index contributed by atoms with van der Waals surface area (Å²) >= 11 is 6.45. The fourth-order valence-corrected chi connectivity index (χ4v) is 4.84. The van der Waals surface area contributed by atoms with Crippen LogP contribution in [0.15, 0.2) is 28.8 Å². The SMILES string of the molecule is CCN(CC1CCN(C)CC1)c1cc(Cl)cc(C(=O)NCC2C(=O)N=C(C)C=C2C)c1C. The molecule has 6 nitrogen and oxygen atoms in total. The molecule has 0 spiro atoms. The highest BCUT2D eigenvalue weighted by atomic mass is 35.5. The Morgan fingerprint density at radius 3 is 2.56 bits per heavy atom. The van der Waals surface area contributed by atoms with Crippen molar-refractivity contribution in [3.05, 3.63) is 39.9 Å². The maximum Gasteiger partial charge on any atom is 0.254 e. The lowest BCUT2D eigenvalue weighted by atomic mass is 9.95. The van der Waals surface area contributed by atoms with Crippen LogP contribution in [0.1, 0.15) is 49.5 Å². The molecule has 3 rings (SSSR count). The lowest BCUT2D eigenvalue weighted by Crippen LogP contribution is -2.38. The number of carbonyl (C=O) groups is 2. The number of nitrogens with zero attached hydrogens (tertiary/aromatic N) is 3. The molecule has 174 valence electrons. The number of benzene rings is 1. The molecule has 32 heavy (non-hydrogen) atoms. The molecule has 0 aliphatic carbocycles. The van der Waals surface area contributed by atoms with Crippen LogP contribution in [0.4, 0.5) is 5.69 Å². The van der Waals surface area contributed by atoms with Gasteiger partial charge in [0.25, 0.3) is 11.8 Å². The summed E-state index contributed by atoms with van der Waals surface area (Å²) in [6.07, 6.45) is 4.26. The van der Waals surface area contributed by atoms with Gasteiger partial charge in [0.15, 0.2) is 0 Å². The van der Waals surface area contributed by atoms with E-state index in [4.69, 9.17) is 11.6 Å². The maximum absolute atomic E-state index is 13.1. The minimum atomic E-state index is -0.418. The van der Waals surface area contributed by atoms with E-state index in [2.05, 4.69) is 34.1 Å². The molecule has 1 aromatic carbocycles. The quantitative estimate of drug-likeness (QED) is 0.667. The first-order valence-corrected chi connectivity index (χ1v) is 11.9. The average molecular weight is 459 g/mol.